The lowest BCUT2D eigenvalue weighted by Gasteiger charge is -2.37. The number of nitrogens with zero attached hydrogens (tertiary/aromatic N) is 1. The summed E-state index contributed by atoms with van der Waals surface area (Å²) in [5.74, 6) is 0. The van der Waals surface area contributed by atoms with Gasteiger partial charge < -0.3 is 20.5 Å². The number of hydrogen-bond donors (Lipinski definition) is 2. The first-order chi connectivity index (χ1) is 10.1. The molecule has 3 N–H and O–H groups in total. The summed E-state index contributed by atoms with van der Waals surface area (Å²) >= 11 is 6.10. The zero-order valence-electron chi connectivity index (χ0n) is 12.4. The molecule has 1 aliphatic heterocycles. The van der Waals surface area contributed by atoms with E-state index in [0.717, 1.165) is 49.5 Å². The molecule has 2 rings (SSSR count). The van der Waals surface area contributed by atoms with Gasteiger partial charge in [0.05, 0.1) is 18.8 Å². The number of nitrogens with two attached hydrogens (primary N) is 1. The molecule has 1 aliphatic rings. The van der Waals surface area contributed by atoms with Crippen molar-refractivity contribution in [3.05, 3.63) is 34.9 Å². The van der Waals surface area contributed by atoms with Crippen molar-refractivity contribution < 1.29 is 9.84 Å². The van der Waals surface area contributed by atoms with Gasteiger partial charge in [0.2, 0.25) is 0 Å². The number of rotatable bonds is 7. The molecule has 0 radical (unpaired) electrons. The predicted octanol–water partition coefficient (Wildman–Crippen LogP) is 1.68. The van der Waals surface area contributed by atoms with E-state index in [1.54, 1.807) is 0 Å². The Kier molecular flexibility index (Phi) is 6.45. The van der Waals surface area contributed by atoms with E-state index in [0.29, 0.717) is 19.8 Å². The second-order valence-corrected chi connectivity index (χ2v) is 6.13. The van der Waals surface area contributed by atoms with Gasteiger partial charge in [-0.2, -0.15) is 0 Å². The van der Waals surface area contributed by atoms with Gasteiger partial charge in [-0.3, -0.25) is 0 Å². The molecule has 0 bridgehead atoms. The molecule has 0 atom stereocenters. The number of halogens is 1. The van der Waals surface area contributed by atoms with Gasteiger partial charge in [0, 0.05) is 31.2 Å². The Morgan fingerprint density at radius 2 is 1.95 bits per heavy atom. The molecule has 118 valence electrons. The molecule has 0 amide bonds. The lowest BCUT2D eigenvalue weighted by molar-refractivity contribution is -0.0194. The minimum absolute atomic E-state index is 0.356. The van der Waals surface area contributed by atoms with E-state index in [1.807, 2.05) is 24.3 Å². The molecule has 0 saturated carbocycles. The maximum atomic E-state index is 10.1. The highest BCUT2D eigenvalue weighted by Crippen LogP contribution is 2.20. The molecule has 0 spiro atoms. The van der Waals surface area contributed by atoms with Crippen molar-refractivity contribution in [2.45, 2.75) is 24.9 Å². The Morgan fingerprint density at radius 3 is 2.62 bits per heavy atom. The summed E-state index contributed by atoms with van der Waals surface area (Å²) in [6.45, 7) is 4.44. The van der Waals surface area contributed by atoms with Gasteiger partial charge in [-0.1, -0.05) is 29.8 Å². The highest BCUT2D eigenvalue weighted by Gasteiger charge is 2.30. The van der Waals surface area contributed by atoms with E-state index in [-0.39, 0.29) is 0 Å². The summed E-state index contributed by atoms with van der Waals surface area (Å²) in [7, 11) is 0. The standard InChI is InChI=1S/C16H25ClN2O2/c17-15-4-2-1-3-14(15)5-11-21-12-10-19-8-6-16(20,13-18)7-9-19/h1-4,20H,5-13,18H2. The van der Waals surface area contributed by atoms with Gasteiger partial charge in [-0.25, -0.2) is 0 Å². The summed E-state index contributed by atoms with van der Waals surface area (Å²) in [6.07, 6.45) is 2.35. The molecule has 1 aromatic carbocycles. The van der Waals surface area contributed by atoms with Crippen LogP contribution >= 0.6 is 11.6 Å². The zero-order chi connectivity index (χ0) is 15.1. The van der Waals surface area contributed by atoms with Gasteiger partial charge >= 0.3 is 0 Å². The van der Waals surface area contributed by atoms with Crippen LogP contribution in [0.1, 0.15) is 18.4 Å². The van der Waals surface area contributed by atoms with Gasteiger partial charge in [-0.05, 0) is 30.9 Å². The van der Waals surface area contributed by atoms with Crippen LogP contribution in [0.5, 0.6) is 0 Å². The monoisotopic (exact) mass is 312 g/mol. The molecule has 21 heavy (non-hydrogen) atoms. The predicted molar refractivity (Wildman–Crippen MR) is 85.7 cm³/mol. The van der Waals surface area contributed by atoms with Gasteiger partial charge in [0.25, 0.3) is 0 Å². The van der Waals surface area contributed by atoms with Crippen molar-refractivity contribution in [2.75, 3.05) is 39.4 Å². The number of likely N-dealkylation sites (tertiary alicyclic amines) is 1. The van der Waals surface area contributed by atoms with Crippen molar-refractivity contribution in [3.8, 4) is 0 Å². The highest BCUT2D eigenvalue weighted by atomic mass is 35.5. The fourth-order valence-electron chi connectivity index (χ4n) is 2.58. The quantitative estimate of drug-likeness (QED) is 0.752. The molecule has 1 fully saturated rings. The molecule has 0 aliphatic carbocycles. The maximum absolute atomic E-state index is 10.1. The molecule has 4 nitrogen and oxygen atoms in total. The summed E-state index contributed by atoms with van der Waals surface area (Å²) in [6, 6.07) is 7.87. The number of piperidine rings is 1. The first-order valence-electron chi connectivity index (χ1n) is 7.59. The van der Waals surface area contributed by atoms with Crippen molar-refractivity contribution in [1.82, 2.24) is 4.90 Å². The summed E-state index contributed by atoms with van der Waals surface area (Å²) in [5, 5.41) is 10.9. The molecule has 5 heteroatoms. The third-order valence-corrected chi connectivity index (χ3v) is 4.56. The normalized spacial score (nSPS) is 18.8. The van der Waals surface area contributed by atoms with E-state index >= 15 is 0 Å². The van der Waals surface area contributed by atoms with Crippen LogP contribution in [0.15, 0.2) is 24.3 Å². The first-order valence-corrected chi connectivity index (χ1v) is 7.97. The second kappa shape index (κ2) is 8.11. The molecule has 0 aromatic heterocycles. The van der Waals surface area contributed by atoms with Crippen molar-refractivity contribution in [1.29, 1.82) is 0 Å². The number of ether oxygens (including phenoxy) is 1. The average molecular weight is 313 g/mol. The smallest absolute Gasteiger partial charge is 0.0793 e. The Balaban J connectivity index is 1.58. The van der Waals surface area contributed by atoms with Gasteiger partial charge in [0.15, 0.2) is 0 Å². The molecule has 1 saturated heterocycles. The van der Waals surface area contributed by atoms with Gasteiger partial charge in [0.1, 0.15) is 0 Å². The van der Waals surface area contributed by atoms with E-state index in [4.69, 9.17) is 22.1 Å². The fourth-order valence-corrected chi connectivity index (χ4v) is 2.81. The number of aliphatic hydroxyl groups is 1. The second-order valence-electron chi connectivity index (χ2n) is 5.72. The first kappa shape index (κ1) is 16.7. The van der Waals surface area contributed by atoms with Crippen molar-refractivity contribution in [3.63, 3.8) is 0 Å². The average Bonchev–Trinajstić information content (AvgIpc) is 2.51. The topological polar surface area (TPSA) is 58.7 Å². The van der Waals surface area contributed by atoms with E-state index in [2.05, 4.69) is 4.90 Å². The van der Waals surface area contributed by atoms with E-state index in [9.17, 15) is 5.11 Å². The van der Waals surface area contributed by atoms with Crippen LogP contribution in [-0.2, 0) is 11.2 Å². The van der Waals surface area contributed by atoms with Crippen LogP contribution in [0.25, 0.3) is 0 Å². The van der Waals surface area contributed by atoms with Crippen LogP contribution < -0.4 is 5.73 Å². The van der Waals surface area contributed by atoms with Crippen molar-refractivity contribution in [2.24, 2.45) is 5.73 Å². The van der Waals surface area contributed by atoms with Crippen LogP contribution in [0.3, 0.4) is 0 Å². The van der Waals surface area contributed by atoms with Crippen LogP contribution in [0, 0.1) is 0 Å². The zero-order valence-corrected chi connectivity index (χ0v) is 13.2. The van der Waals surface area contributed by atoms with E-state index < -0.39 is 5.60 Å². The molecular formula is C16H25ClN2O2. The van der Waals surface area contributed by atoms with E-state index in [1.165, 1.54) is 0 Å². The van der Waals surface area contributed by atoms with Gasteiger partial charge in [-0.15, -0.1) is 0 Å². The third kappa shape index (κ3) is 5.24. The fraction of sp³-hybridized carbons (Fsp3) is 0.625. The minimum Gasteiger partial charge on any atom is -0.388 e. The van der Waals surface area contributed by atoms with Crippen molar-refractivity contribution >= 4 is 11.6 Å². The van der Waals surface area contributed by atoms with Crippen LogP contribution in [0.2, 0.25) is 5.02 Å². The lowest BCUT2D eigenvalue weighted by Crippen LogP contribution is -2.49. The number of benzene rings is 1. The molecule has 1 aromatic rings. The largest absolute Gasteiger partial charge is 0.388 e. The Hall–Kier alpha value is -0.650. The maximum Gasteiger partial charge on any atom is 0.0793 e. The lowest BCUT2D eigenvalue weighted by atomic mass is 9.92. The van der Waals surface area contributed by atoms with Crippen LogP contribution in [-0.4, -0.2) is 55.0 Å². The summed E-state index contributed by atoms with van der Waals surface area (Å²) in [5.41, 5.74) is 6.06. The minimum atomic E-state index is -0.651. The third-order valence-electron chi connectivity index (χ3n) is 4.19. The Labute approximate surface area is 131 Å². The Morgan fingerprint density at radius 1 is 1.24 bits per heavy atom. The molecule has 0 unspecified atom stereocenters. The van der Waals surface area contributed by atoms with Crippen LogP contribution in [0.4, 0.5) is 0 Å². The Bertz CT molecular complexity index is 434. The summed E-state index contributed by atoms with van der Waals surface area (Å²) in [4.78, 5) is 2.32. The SMILES string of the molecule is NCC1(O)CCN(CCOCCc2ccccc2Cl)CC1. The summed E-state index contributed by atoms with van der Waals surface area (Å²) < 4.78 is 5.69. The number of hydrogen-bond acceptors (Lipinski definition) is 4. The highest BCUT2D eigenvalue weighted by molar-refractivity contribution is 6.31. The molecule has 1 heterocycles. The molecular weight excluding hydrogens is 288 g/mol.